The van der Waals surface area contributed by atoms with Gasteiger partial charge in [-0.1, -0.05) is 13.0 Å². The van der Waals surface area contributed by atoms with Crippen LogP contribution in [0.3, 0.4) is 0 Å². The molecule has 6 heteroatoms. The summed E-state index contributed by atoms with van der Waals surface area (Å²) in [4.78, 5) is 23.1. The molecule has 1 N–H and O–H groups in total. The molecule has 2 aromatic heterocycles. The van der Waals surface area contributed by atoms with Crippen molar-refractivity contribution in [1.29, 1.82) is 0 Å². The summed E-state index contributed by atoms with van der Waals surface area (Å²) in [5, 5.41) is 2.03. The second-order valence-corrected chi connectivity index (χ2v) is 7.46. The molecule has 0 radical (unpaired) electrons. The van der Waals surface area contributed by atoms with Crippen LogP contribution in [0.4, 0.5) is 4.79 Å². The van der Waals surface area contributed by atoms with Gasteiger partial charge in [0.15, 0.2) is 0 Å². The Morgan fingerprint density at radius 2 is 2.22 bits per heavy atom. The smallest absolute Gasteiger partial charge is 0.410 e. The number of hydrogen-bond acceptors (Lipinski definition) is 4. The molecule has 0 bridgehead atoms. The quantitative estimate of drug-likeness (QED) is 0.850. The molecule has 23 heavy (non-hydrogen) atoms. The minimum atomic E-state index is -0.506. The molecule has 2 aromatic rings. The van der Waals surface area contributed by atoms with E-state index in [1.54, 1.807) is 16.2 Å². The van der Waals surface area contributed by atoms with Gasteiger partial charge in [0.05, 0.1) is 22.8 Å². The van der Waals surface area contributed by atoms with Crippen molar-refractivity contribution in [1.82, 2.24) is 14.9 Å². The van der Waals surface area contributed by atoms with Gasteiger partial charge in [0.2, 0.25) is 0 Å². The highest BCUT2D eigenvalue weighted by Crippen LogP contribution is 2.26. The fraction of sp³-hybridized carbons (Fsp3) is 0.529. The minimum Gasteiger partial charge on any atom is -0.444 e. The molecule has 0 aliphatic heterocycles. The summed E-state index contributed by atoms with van der Waals surface area (Å²) in [5.41, 5.74) is 0.469. The third-order valence-corrected chi connectivity index (χ3v) is 4.24. The van der Waals surface area contributed by atoms with Crippen molar-refractivity contribution in [3.63, 3.8) is 0 Å². The Kier molecular flexibility index (Phi) is 5.46. The standard InChI is InChI=1S/C17H25N3O2S/c1-6-9-20(16(21)22-17(3,4)5)12(2)15-18-11-13(19-15)14-8-7-10-23-14/h7-8,10-12H,6,9H2,1-5H3,(H,18,19)/t12-/m0/s1. The zero-order chi connectivity index (χ0) is 17.0. The van der Waals surface area contributed by atoms with Crippen molar-refractivity contribution in [2.75, 3.05) is 6.54 Å². The number of imidazole rings is 1. The Balaban J connectivity index is 2.17. The number of nitrogens with zero attached hydrogens (tertiary/aromatic N) is 2. The van der Waals surface area contributed by atoms with Crippen LogP contribution in [0.5, 0.6) is 0 Å². The Morgan fingerprint density at radius 3 is 2.78 bits per heavy atom. The molecule has 0 unspecified atom stereocenters. The zero-order valence-electron chi connectivity index (χ0n) is 14.4. The number of carbonyl (C=O) groups is 1. The van der Waals surface area contributed by atoms with Gasteiger partial charge >= 0.3 is 6.09 Å². The summed E-state index contributed by atoms with van der Waals surface area (Å²) in [7, 11) is 0. The summed E-state index contributed by atoms with van der Waals surface area (Å²) >= 11 is 1.66. The first-order valence-electron chi connectivity index (χ1n) is 7.90. The summed E-state index contributed by atoms with van der Waals surface area (Å²) in [6.07, 6.45) is 2.37. The number of hydrogen-bond donors (Lipinski definition) is 1. The first kappa shape index (κ1) is 17.5. The average molecular weight is 335 g/mol. The lowest BCUT2D eigenvalue weighted by atomic mass is 10.2. The molecule has 1 atom stereocenters. The van der Waals surface area contributed by atoms with Crippen molar-refractivity contribution in [3.05, 3.63) is 29.5 Å². The molecule has 0 aliphatic carbocycles. The maximum atomic E-state index is 12.5. The lowest BCUT2D eigenvalue weighted by molar-refractivity contribution is 0.0166. The van der Waals surface area contributed by atoms with Crippen molar-refractivity contribution < 1.29 is 9.53 Å². The monoisotopic (exact) mass is 335 g/mol. The maximum Gasteiger partial charge on any atom is 0.410 e. The number of ether oxygens (including phenoxy) is 1. The first-order valence-corrected chi connectivity index (χ1v) is 8.78. The molecule has 2 rings (SSSR count). The third-order valence-electron chi connectivity index (χ3n) is 3.34. The number of aromatic amines is 1. The number of carbonyl (C=O) groups excluding carboxylic acids is 1. The molecule has 126 valence electrons. The normalized spacial score (nSPS) is 12.9. The van der Waals surface area contributed by atoms with E-state index in [0.717, 1.165) is 22.8 Å². The van der Waals surface area contributed by atoms with Crippen molar-refractivity contribution in [2.24, 2.45) is 0 Å². The molecular formula is C17H25N3O2S. The van der Waals surface area contributed by atoms with E-state index in [4.69, 9.17) is 4.74 Å². The van der Waals surface area contributed by atoms with Gasteiger partial charge in [0, 0.05) is 6.54 Å². The fourth-order valence-corrected chi connectivity index (χ4v) is 2.95. The van der Waals surface area contributed by atoms with E-state index in [-0.39, 0.29) is 12.1 Å². The molecule has 0 aliphatic rings. The highest BCUT2D eigenvalue weighted by molar-refractivity contribution is 7.13. The highest BCUT2D eigenvalue weighted by Gasteiger charge is 2.27. The molecule has 0 fully saturated rings. The van der Waals surface area contributed by atoms with Gasteiger partial charge in [-0.3, -0.25) is 4.90 Å². The van der Waals surface area contributed by atoms with Crippen LogP contribution in [0.15, 0.2) is 23.7 Å². The van der Waals surface area contributed by atoms with Crippen LogP contribution in [-0.4, -0.2) is 33.1 Å². The number of thiophene rings is 1. The Morgan fingerprint density at radius 1 is 1.48 bits per heavy atom. The first-order chi connectivity index (χ1) is 10.8. The summed E-state index contributed by atoms with van der Waals surface area (Å²) in [6.45, 7) is 10.3. The van der Waals surface area contributed by atoms with Crippen LogP contribution in [0, 0.1) is 0 Å². The van der Waals surface area contributed by atoms with E-state index in [2.05, 4.69) is 9.97 Å². The number of nitrogens with one attached hydrogen (secondary N) is 1. The second-order valence-electron chi connectivity index (χ2n) is 6.51. The van der Waals surface area contributed by atoms with Crippen molar-refractivity contribution in [3.8, 4) is 10.6 Å². The Labute approximate surface area is 141 Å². The van der Waals surface area contributed by atoms with E-state index in [1.165, 1.54) is 0 Å². The largest absolute Gasteiger partial charge is 0.444 e. The van der Waals surface area contributed by atoms with E-state index < -0.39 is 5.60 Å². The van der Waals surface area contributed by atoms with Gasteiger partial charge in [-0.25, -0.2) is 9.78 Å². The van der Waals surface area contributed by atoms with Crippen LogP contribution in [0.2, 0.25) is 0 Å². The molecule has 0 aromatic carbocycles. The van der Waals surface area contributed by atoms with Crippen LogP contribution in [-0.2, 0) is 4.74 Å². The fourth-order valence-electron chi connectivity index (χ4n) is 2.26. The molecule has 1 amide bonds. The van der Waals surface area contributed by atoms with E-state index >= 15 is 0 Å². The van der Waals surface area contributed by atoms with Gasteiger partial charge in [-0.05, 0) is 45.6 Å². The Hall–Kier alpha value is -1.82. The minimum absolute atomic E-state index is 0.168. The summed E-state index contributed by atoms with van der Waals surface area (Å²) < 4.78 is 5.52. The predicted octanol–water partition coefficient (Wildman–Crippen LogP) is 4.85. The summed E-state index contributed by atoms with van der Waals surface area (Å²) in [6, 6.07) is 3.89. The lowest BCUT2D eigenvalue weighted by Gasteiger charge is -2.30. The van der Waals surface area contributed by atoms with Crippen molar-refractivity contribution in [2.45, 2.75) is 52.7 Å². The average Bonchev–Trinajstić information content (AvgIpc) is 3.11. The lowest BCUT2D eigenvalue weighted by Crippen LogP contribution is -2.39. The molecule has 5 nitrogen and oxygen atoms in total. The number of amides is 1. The van der Waals surface area contributed by atoms with Gasteiger partial charge in [0.25, 0.3) is 0 Å². The van der Waals surface area contributed by atoms with Crippen molar-refractivity contribution >= 4 is 17.4 Å². The predicted molar refractivity (Wildman–Crippen MR) is 93.5 cm³/mol. The van der Waals surface area contributed by atoms with Crippen LogP contribution in [0.1, 0.15) is 52.9 Å². The molecule has 2 heterocycles. The SMILES string of the molecule is CCCN(C(=O)OC(C)(C)C)[C@@H](C)c1ncc(-c2cccs2)[nH]1. The molecule has 0 saturated carbocycles. The number of H-pyrrole nitrogens is 1. The van der Waals surface area contributed by atoms with Gasteiger partial charge in [0.1, 0.15) is 11.4 Å². The number of rotatable bonds is 5. The molecular weight excluding hydrogens is 310 g/mol. The van der Waals surface area contributed by atoms with Gasteiger partial charge < -0.3 is 9.72 Å². The van der Waals surface area contributed by atoms with Crippen LogP contribution in [0.25, 0.3) is 10.6 Å². The summed E-state index contributed by atoms with van der Waals surface area (Å²) in [5.74, 6) is 0.771. The molecule has 0 saturated heterocycles. The van der Waals surface area contributed by atoms with Crippen LogP contribution < -0.4 is 0 Å². The zero-order valence-corrected chi connectivity index (χ0v) is 15.2. The van der Waals surface area contributed by atoms with Crippen LogP contribution >= 0.6 is 11.3 Å². The Bertz CT molecular complexity index is 629. The van der Waals surface area contributed by atoms with Gasteiger partial charge in [-0.2, -0.15) is 0 Å². The second kappa shape index (κ2) is 7.17. The van der Waals surface area contributed by atoms with E-state index in [9.17, 15) is 4.79 Å². The van der Waals surface area contributed by atoms with E-state index in [0.29, 0.717) is 6.54 Å². The third kappa shape index (κ3) is 4.58. The highest BCUT2D eigenvalue weighted by atomic mass is 32.1. The molecule has 0 spiro atoms. The van der Waals surface area contributed by atoms with Gasteiger partial charge in [-0.15, -0.1) is 11.3 Å². The number of aromatic nitrogens is 2. The topological polar surface area (TPSA) is 58.2 Å². The van der Waals surface area contributed by atoms with E-state index in [1.807, 2.05) is 58.3 Å². The maximum absolute atomic E-state index is 12.5.